The van der Waals surface area contributed by atoms with Crippen LogP contribution >= 0.6 is 0 Å². The third-order valence-corrected chi connectivity index (χ3v) is 5.53. The van der Waals surface area contributed by atoms with Gasteiger partial charge in [-0.1, -0.05) is 19.8 Å². The van der Waals surface area contributed by atoms with Gasteiger partial charge in [0, 0.05) is 25.2 Å². The van der Waals surface area contributed by atoms with E-state index >= 15 is 0 Å². The molecule has 2 aliphatic heterocycles. The van der Waals surface area contributed by atoms with Crippen LogP contribution in [0.5, 0.6) is 0 Å². The molecule has 19 heavy (non-hydrogen) atoms. The van der Waals surface area contributed by atoms with Gasteiger partial charge in [-0.15, -0.1) is 0 Å². The Balaban J connectivity index is 1.65. The van der Waals surface area contributed by atoms with Crippen LogP contribution in [0.1, 0.15) is 51.9 Å². The third kappa shape index (κ3) is 2.98. The van der Waals surface area contributed by atoms with E-state index < -0.39 is 0 Å². The summed E-state index contributed by atoms with van der Waals surface area (Å²) in [6, 6.07) is 1.45. The molecule has 0 aromatic heterocycles. The molecule has 3 fully saturated rings. The van der Waals surface area contributed by atoms with E-state index in [4.69, 9.17) is 4.74 Å². The van der Waals surface area contributed by atoms with Gasteiger partial charge in [0.05, 0.1) is 12.2 Å². The Morgan fingerprint density at radius 3 is 2.47 bits per heavy atom. The molecule has 0 aromatic rings. The monoisotopic (exact) mass is 266 g/mol. The fraction of sp³-hybridized carbons (Fsp3) is 1.00. The second kappa shape index (κ2) is 6.11. The molecule has 5 unspecified atom stereocenters. The Labute approximate surface area is 118 Å². The van der Waals surface area contributed by atoms with Gasteiger partial charge in [0.15, 0.2) is 0 Å². The number of morpholine rings is 1. The maximum absolute atomic E-state index is 6.00. The first-order valence-corrected chi connectivity index (χ1v) is 8.37. The van der Waals surface area contributed by atoms with Crippen molar-refractivity contribution in [1.29, 1.82) is 0 Å². The van der Waals surface area contributed by atoms with Crippen LogP contribution in [0.25, 0.3) is 0 Å². The lowest BCUT2D eigenvalue weighted by molar-refractivity contribution is -0.0654. The van der Waals surface area contributed by atoms with Crippen LogP contribution in [0, 0.1) is 5.92 Å². The molecule has 1 aliphatic carbocycles. The molecule has 0 amide bonds. The van der Waals surface area contributed by atoms with Crippen molar-refractivity contribution in [3.63, 3.8) is 0 Å². The molecule has 3 aliphatic rings. The standard InChI is InChI=1S/C16H30N2O/c1-3-4-12-5-8-15(17-2)16(9-12)18-10-13-6-7-14(11-18)19-13/h12-17H,3-11H2,1-2H3. The third-order valence-electron chi connectivity index (χ3n) is 5.53. The van der Waals surface area contributed by atoms with Crippen LogP contribution in [0.2, 0.25) is 0 Å². The summed E-state index contributed by atoms with van der Waals surface area (Å²) < 4.78 is 6.00. The first kappa shape index (κ1) is 13.8. The number of likely N-dealkylation sites (tertiary alicyclic amines) is 1. The normalized spacial score (nSPS) is 43.6. The molecular formula is C16H30N2O. The van der Waals surface area contributed by atoms with Gasteiger partial charge in [-0.3, -0.25) is 4.90 Å². The van der Waals surface area contributed by atoms with Crippen LogP contribution in [-0.2, 0) is 4.74 Å². The second-order valence-electron chi connectivity index (χ2n) is 6.84. The van der Waals surface area contributed by atoms with Crippen molar-refractivity contribution in [2.75, 3.05) is 20.1 Å². The van der Waals surface area contributed by atoms with Crippen LogP contribution in [0.3, 0.4) is 0 Å². The summed E-state index contributed by atoms with van der Waals surface area (Å²) in [5.41, 5.74) is 0. The smallest absolute Gasteiger partial charge is 0.0707 e. The molecule has 3 rings (SSSR count). The van der Waals surface area contributed by atoms with Crippen molar-refractivity contribution < 1.29 is 4.74 Å². The average molecular weight is 266 g/mol. The van der Waals surface area contributed by atoms with E-state index in [0.717, 1.165) is 12.0 Å². The summed E-state index contributed by atoms with van der Waals surface area (Å²) in [7, 11) is 2.15. The lowest BCUT2D eigenvalue weighted by Gasteiger charge is -2.45. The molecule has 0 aromatic carbocycles. The first-order chi connectivity index (χ1) is 9.30. The Hall–Kier alpha value is -0.120. The number of nitrogens with zero attached hydrogens (tertiary/aromatic N) is 1. The Morgan fingerprint density at radius 1 is 1.11 bits per heavy atom. The fourth-order valence-electron chi connectivity index (χ4n) is 4.56. The Bertz CT molecular complexity index is 284. The van der Waals surface area contributed by atoms with E-state index in [2.05, 4.69) is 24.2 Å². The zero-order valence-corrected chi connectivity index (χ0v) is 12.6. The number of fused-ring (bicyclic) bond motifs is 2. The van der Waals surface area contributed by atoms with Gasteiger partial charge < -0.3 is 10.1 Å². The molecule has 2 heterocycles. The molecule has 1 saturated carbocycles. The van der Waals surface area contributed by atoms with E-state index in [1.54, 1.807) is 0 Å². The minimum absolute atomic E-state index is 0.530. The highest BCUT2D eigenvalue weighted by Crippen LogP contribution is 2.35. The largest absolute Gasteiger partial charge is 0.372 e. The van der Waals surface area contributed by atoms with Crippen molar-refractivity contribution in [1.82, 2.24) is 10.2 Å². The predicted molar refractivity (Wildman–Crippen MR) is 78.4 cm³/mol. The van der Waals surface area contributed by atoms with Crippen LogP contribution in [0.15, 0.2) is 0 Å². The van der Waals surface area contributed by atoms with E-state index in [1.807, 2.05) is 0 Å². The highest BCUT2D eigenvalue weighted by molar-refractivity contribution is 4.95. The van der Waals surface area contributed by atoms with Crippen molar-refractivity contribution in [2.24, 2.45) is 5.92 Å². The topological polar surface area (TPSA) is 24.5 Å². The van der Waals surface area contributed by atoms with E-state index in [0.29, 0.717) is 18.2 Å². The summed E-state index contributed by atoms with van der Waals surface area (Å²) in [6.07, 6.45) is 10.6. The minimum atomic E-state index is 0.530. The molecular weight excluding hydrogens is 236 g/mol. The molecule has 110 valence electrons. The van der Waals surface area contributed by atoms with Crippen LogP contribution in [-0.4, -0.2) is 49.3 Å². The molecule has 5 atom stereocenters. The number of rotatable bonds is 4. The van der Waals surface area contributed by atoms with E-state index in [9.17, 15) is 0 Å². The van der Waals surface area contributed by atoms with Gasteiger partial charge in [-0.05, 0) is 45.1 Å². The van der Waals surface area contributed by atoms with E-state index in [1.165, 1.54) is 58.0 Å². The van der Waals surface area contributed by atoms with Crippen molar-refractivity contribution in [2.45, 2.75) is 76.2 Å². The predicted octanol–water partition coefficient (Wildman–Crippen LogP) is 2.41. The van der Waals surface area contributed by atoms with E-state index in [-0.39, 0.29) is 0 Å². The van der Waals surface area contributed by atoms with Gasteiger partial charge in [0.1, 0.15) is 0 Å². The molecule has 0 spiro atoms. The summed E-state index contributed by atoms with van der Waals surface area (Å²) >= 11 is 0. The van der Waals surface area contributed by atoms with Crippen molar-refractivity contribution >= 4 is 0 Å². The lowest BCUT2D eigenvalue weighted by Crippen LogP contribution is -2.57. The molecule has 2 saturated heterocycles. The van der Waals surface area contributed by atoms with Crippen molar-refractivity contribution in [3.8, 4) is 0 Å². The highest BCUT2D eigenvalue weighted by atomic mass is 16.5. The zero-order valence-electron chi connectivity index (χ0n) is 12.6. The van der Waals surface area contributed by atoms with Gasteiger partial charge in [0.25, 0.3) is 0 Å². The SMILES string of the molecule is CCCC1CCC(NC)C(N2CC3CCC(C2)O3)C1. The second-order valence-corrected chi connectivity index (χ2v) is 6.84. The van der Waals surface area contributed by atoms with Gasteiger partial charge in [-0.2, -0.15) is 0 Å². The first-order valence-electron chi connectivity index (χ1n) is 8.37. The number of ether oxygens (including phenoxy) is 1. The van der Waals surface area contributed by atoms with Gasteiger partial charge in [-0.25, -0.2) is 0 Å². The lowest BCUT2D eigenvalue weighted by atomic mass is 9.79. The summed E-state index contributed by atoms with van der Waals surface area (Å²) in [5, 5.41) is 3.58. The minimum Gasteiger partial charge on any atom is -0.372 e. The molecule has 2 bridgehead atoms. The van der Waals surface area contributed by atoms with Gasteiger partial charge >= 0.3 is 0 Å². The maximum atomic E-state index is 6.00. The zero-order chi connectivity index (χ0) is 13.2. The fourth-order valence-corrected chi connectivity index (χ4v) is 4.56. The number of likely N-dealkylation sites (N-methyl/N-ethyl adjacent to an activating group) is 1. The highest BCUT2D eigenvalue weighted by Gasteiger charge is 2.40. The molecule has 3 nitrogen and oxygen atoms in total. The Kier molecular flexibility index (Phi) is 4.45. The Morgan fingerprint density at radius 2 is 1.84 bits per heavy atom. The van der Waals surface area contributed by atoms with Gasteiger partial charge in [0.2, 0.25) is 0 Å². The number of hydrogen-bond acceptors (Lipinski definition) is 3. The average Bonchev–Trinajstić information content (AvgIpc) is 2.78. The molecule has 0 radical (unpaired) electrons. The maximum Gasteiger partial charge on any atom is 0.0707 e. The summed E-state index contributed by atoms with van der Waals surface area (Å²) in [6.45, 7) is 4.69. The van der Waals surface area contributed by atoms with Crippen LogP contribution < -0.4 is 5.32 Å². The molecule has 1 N–H and O–H groups in total. The number of hydrogen-bond donors (Lipinski definition) is 1. The molecule has 3 heteroatoms. The van der Waals surface area contributed by atoms with Crippen LogP contribution in [0.4, 0.5) is 0 Å². The quantitative estimate of drug-likeness (QED) is 0.845. The van der Waals surface area contributed by atoms with Crippen molar-refractivity contribution in [3.05, 3.63) is 0 Å². The summed E-state index contributed by atoms with van der Waals surface area (Å²) in [4.78, 5) is 2.76. The number of nitrogens with one attached hydrogen (secondary N) is 1. The summed E-state index contributed by atoms with van der Waals surface area (Å²) in [5.74, 6) is 0.958.